The summed E-state index contributed by atoms with van der Waals surface area (Å²) in [5.74, 6) is 0. The van der Waals surface area contributed by atoms with Gasteiger partial charge in [0.1, 0.15) is 0 Å². The fraction of sp³-hybridized carbons (Fsp3) is 0. The number of nitrogens with zero attached hydrogens (tertiary/aromatic N) is 2. The molecule has 1 aromatic rings. The number of hydrogen-bond donors (Lipinski definition) is 1. The van der Waals surface area contributed by atoms with Gasteiger partial charge in [-0.15, -0.1) is 0 Å². The predicted molar refractivity (Wildman–Crippen MR) is 42.1 cm³/mol. The third-order valence-corrected chi connectivity index (χ3v) is 0.850. The lowest BCUT2D eigenvalue weighted by Crippen LogP contribution is -1.79. The molecule has 0 aromatic heterocycles. The van der Waals surface area contributed by atoms with Gasteiger partial charge in [0.05, 0.1) is 0 Å². The molecule has 0 aliphatic heterocycles. The van der Waals surface area contributed by atoms with Gasteiger partial charge in [0.25, 0.3) is 0 Å². The van der Waals surface area contributed by atoms with Gasteiger partial charge in [-0.25, -0.2) is 0 Å². The molecule has 0 fully saturated rings. The van der Waals surface area contributed by atoms with E-state index in [0.717, 1.165) is 5.69 Å². The zero-order valence-electron chi connectivity index (χ0n) is 5.86. The molecule has 11 heavy (non-hydrogen) atoms. The third-order valence-electron chi connectivity index (χ3n) is 0.850. The Labute approximate surface area is 65.3 Å². The molecule has 0 heterocycles. The molecule has 54 valence electrons. The molecule has 0 aliphatic carbocycles. The maximum Gasteiger partial charge on any atom is 0.181 e. The van der Waals surface area contributed by atoms with Crippen LogP contribution in [0.4, 0.5) is 5.69 Å². The Kier molecular flexibility index (Phi) is 5.01. The first kappa shape index (κ1) is 9.00. The Balaban J connectivity index is 0.000000218. The van der Waals surface area contributed by atoms with Crippen LogP contribution in [0.2, 0.25) is 0 Å². The van der Waals surface area contributed by atoms with Crippen LogP contribution in [0.25, 0.3) is 0 Å². The number of nitrogens with two attached hydrogens (primary N) is 1. The Hall–Kier alpha value is -2.00. The Morgan fingerprint density at radius 2 is 1.45 bits per heavy atom. The second-order valence-electron chi connectivity index (χ2n) is 1.63. The summed E-state index contributed by atoms with van der Waals surface area (Å²) >= 11 is 0. The van der Waals surface area contributed by atoms with Crippen molar-refractivity contribution >= 4 is 5.69 Å². The molecule has 0 saturated heterocycles. The van der Waals surface area contributed by atoms with E-state index in [9.17, 15) is 0 Å². The van der Waals surface area contributed by atoms with Crippen LogP contribution in [-0.2, 0) is 0 Å². The highest BCUT2D eigenvalue weighted by atomic mass is 14.5. The van der Waals surface area contributed by atoms with Crippen LogP contribution in [0, 0.1) is 22.7 Å². The largest absolute Gasteiger partial charge is 0.399 e. The minimum absolute atomic E-state index is 0.822. The number of benzene rings is 1. The average molecular weight is 145 g/mol. The Bertz CT molecular complexity index is 254. The summed E-state index contributed by atoms with van der Waals surface area (Å²) in [6.07, 6.45) is 0. The Morgan fingerprint density at radius 3 is 1.64 bits per heavy atom. The van der Waals surface area contributed by atoms with Crippen molar-refractivity contribution in [3.05, 3.63) is 30.3 Å². The molecule has 0 unspecified atom stereocenters. The highest BCUT2D eigenvalue weighted by molar-refractivity contribution is 5.35. The van der Waals surface area contributed by atoms with Crippen LogP contribution < -0.4 is 5.73 Å². The number of rotatable bonds is 0. The monoisotopic (exact) mass is 145 g/mol. The SMILES string of the molecule is N#CC#N.Nc1ccccc1. The molecular formula is C8H7N3. The van der Waals surface area contributed by atoms with E-state index in [1.54, 1.807) is 0 Å². The van der Waals surface area contributed by atoms with Crippen molar-refractivity contribution in [3.63, 3.8) is 0 Å². The fourth-order valence-corrected chi connectivity index (χ4v) is 0.453. The van der Waals surface area contributed by atoms with Gasteiger partial charge in [-0.2, -0.15) is 10.5 Å². The molecular weight excluding hydrogens is 138 g/mol. The topological polar surface area (TPSA) is 73.6 Å². The van der Waals surface area contributed by atoms with Crippen LogP contribution in [0.3, 0.4) is 0 Å². The summed E-state index contributed by atoms with van der Waals surface area (Å²) in [5, 5.41) is 14.5. The van der Waals surface area contributed by atoms with E-state index in [1.165, 1.54) is 12.1 Å². The second kappa shape index (κ2) is 6.12. The molecule has 0 spiro atoms. The summed E-state index contributed by atoms with van der Waals surface area (Å²) in [7, 11) is 0. The highest BCUT2D eigenvalue weighted by Crippen LogP contribution is 1.95. The van der Waals surface area contributed by atoms with Crippen LogP contribution >= 0.6 is 0 Å². The summed E-state index contributed by atoms with van der Waals surface area (Å²) in [6.45, 7) is 0. The number of anilines is 1. The summed E-state index contributed by atoms with van der Waals surface area (Å²) in [4.78, 5) is 0. The number of hydrogen-bond acceptors (Lipinski definition) is 3. The standard InChI is InChI=1S/C6H7N.C2N2/c7-6-4-2-1-3-5-6;3-1-2-4/h1-5H,7H2;. The van der Waals surface area contributed by atoms with Gasteiger partial charge in [0, 0.05) is 5.69 Å². The molecule has 3 heteroatoms. The van der Waals surface area contributed by atoms with Crippen molar-refractivity contribution in [2.75, 3.05) is 5.73 Å². The van der Waals surface area contributed by atoms with Crippen LogP contribution in [0.1, 0.15) is 0 Å². The predicted octanol–water partition coefficient (Wildman–Crippen LogP) is 1.30. The first-order chi connectivity index (χ1) is 5.31. The van der Waals surface area contributed by atoms with E-state index in [4.69, 9.17) is 16.3 Å². The molecule has 0 atom stereocenters. The van der Waals surface area contributed by atoms with E-state index < -0.39 is 0 Å². The molecule has 1 rings (SSSR count). The van der Waals surface area contributed by atoms with Crippen molar-refractivity contribution in [2.24, 2.45) is 0 Å². The van der Waals surface area contributed by atoms with Gasteiger partial charge in [0.2, 0.25) is 0 Å². The molecule has 2 N–H and O–H groups in total. The number of nitriles is 2. The van der Waals surface area contributed by atoms with Gasteiger partial charge in [-0.05, 0) is 12.1 Å². The molecule has 0 amide bonds. The highest BCUT2D eigenvalue weighted by Gasteiger charge is 1.72. The average Bonchev–Trinajstić information content (AvgIpc) is 2.07. The van der Waals surface area contributed by atoms with Crippen molar-refractivity contribution in [3.8, 4) is 12.1 Å². The smallest absolute Gasteiger partial charge is 0.181 e. The van der Waals surface area contributed by atoms with E-state index in [-0.39, 0.29) is 0 Å². The molecule has 0 aliphatic rings. The normalized spacial score (nSPS) is 6.36. The lowest BCUT2D eigenvalue weighted by atomic mass is 10.3. The lowest BCUT2D eigenvalue weighted by Gasteiger charge is -1.83. The molecule has 3 nitrogen and oxygen atoms in total. The van der Waals surface area contributed by atoms with Crippen LogP contribution in [0.15, 0.2) is 30.3 Å². The zero-order chi connectivity index (χ0) is 8.53. The van der Waals surface area contributed by atoms with Gasteiger partial charge in [0.15, 0.2) is 12.1 Å². The minimum Gasteiger partial charge on any atom is -0.399 e. The molecule has 0 saturated carbocycles. The quantitative estimate of drug-likeness (QED) is 0.559. The second-order valence-corrected chi connectivity index (χ2v) is 1.63. The van der Waals surface area contributed by atoms with Crippen molar-refractivity contribution < 1.29 is 0 Å². The minimum atomic E-state index is 0.822. The van der Waals surface area contributed by atoms with Gasteiger partial charge in [-0.1, -0.05) is 18.2 Å². The Morgan fingerprint density at radius 1 is 1.00 bits per heavy atom. The molecule has 1 aromatic carbocycles. The zero-order valence-corrected chi connectivity index (χ0v) is 5.86. The van der Waals surface area contributed by atoms with Crippen molar-refractivity contribution in [1.82, 2.24) is 0 Å². The molecule has 0 radical (unpaired) electrons. The summed E-state index contributed by atoms with van der Waals surface area (Å²) < 4.78 is 0. The maximum atomic E-state index is 7.26. The maximum absolute atomic E-state index is 7.26. The van der Waals surface area contributed by atoms with Gasteiger partial charge in [-0.3, -0.25) is 0 Å². The number of para-hydroxylation sites is 1. The van der Waals surface area contributed by atoms with Crippen molar-refractivity contribution in [1.29, 1.82) is 10.5 Å². The van der Waals surface area contributed by atoms with Gasteiger partial charge >= 0.3 is 0 Å². The first-order valence-electron chi connectivity index (χ1n) is 2.90. The van der Waals surface area contributed by atoms with E-state index in [0.29, 0.717) is 0 Å². The summed E-state index contributed by atoms with van der Waals surface area (Å²) in [5.41, 5.74) is 6.18. The first-order valence-corrected chi connectivity index (χ1v) is 2.90. The van der Waals surface area contributed by atoms with E-state index in [1.807, 2.05) is 30.3 Å². The van der Waals surface area contributed by atoms with Crippen molar-refractivity contribution in [2.45, 2.75) is 0 Å². The van der Waals surface area contributed by atoms with E-state index >= 15 is 0 Å². The van der Waals surface area contributed by atoms with Gasteiger partial charge < -0.3 is 5.73 Å². The lowest BCUT2D eigenvalue weighted by molar-refractivity contribution is 1.49. The van der Waals surface area contributed by atoms with Crippen LogP contribution in [0.5, 0.6) is 0 Å². The van der Waals surface area contributed by atoms with Crippen LogP contribution in [-0.4, -0.2) is 0 Å². The third kappa shape index (κ3) is 5.88. The van der Waals surface area contributed by atoms with E-state index in [2.05, 4.69) is 0 Å². The molecule has 0 bridgehead atoms. The summed E-state index contributed by atoms with van der Waals surface area (Å²) in [6, 6.07) is 12.0. The fourth-order valence-electron chi connectivity index (χ4n) is 0.453. The number of nitrogen functional groups attached to an aromatic ring is 1.